The van der Waals surface area contributed by atoms with Gasteiger partial charge in [0.25, 0.3) is 0 Å². The molecule has 2 heterocycles. The van der Waals surface area contributed by atoms with E-state index in [0.717, 1.165) is 6.92 Å². The van der Waals surface area contributed by atoms with Gasteiger partial charge in [-0.1, -0.05) is 6.92 Å². The van der Waals surface area contributed by atoms with Crippen molar-refractivity contribution >= 4 is 26.7 Å². The first-order chi connectivity index (χ1) is 16.2. The average Bonchev–Trinajstić information content (AvgIpc) is 2.69. The number of hydrogen-bond acceptors (Lipinski definition) is 12. The second-order valence-corrected chi connectivity index (χ2v) is 11.8. The lowest BCUT2D eigenvalue weighted by Crippen LogP contribution is -2.70. The van der Waals surface area contributed by atoms with Crippen LogP contribution in [0.15, 0.2) is 11.8 Å². The van der Waals surface area contributed by atoms with Crippen LogP contribution in [0.3, 0.4) is 0 Å². The summed E-state index contributed by atoms with van der Waals surface area (Å²) in [6.07, 6.45) is -5.82. The van der Waals surface area contributed by atoms with E-state index in [1.54, 1.807) is 0 Å². The Hall–Kier alpha value is -1.45. The maximum absolute atomic E-state index is 11.4. The zero-order valence-electron chi connectivity index (χ0n) is 19.8. The van der Waals surface area contributed by atoms with Crippen molar-refractivity contribution in [3.05, 3.63) is 11.8 Å². The Morgan fingerprint density at radius 1 is 1.11 bits per heavy atom. The van der Waals surface area contributed by atoms with Gasteiger partial charge in [-0.15, -0.1) is 0 Å². The molecule has 36 heavy (non-hydrogen) atoms. The average molecular weight is 566 g/mol. The van der Waals surface area contributed by atoms with Gasteiger partial charge >= 0.3 is 26.7 Å². The molecule has 7 N–H and O–H groups in total. The van der Waals surface area contributed by atoms with Gasteiger partial charge in [0.2, 0.25) is 5.76 Å². The summed E-state index contributed by atoms with van der Waals surface area (Å²) in [7, 11) is -9.93. The maximum atomic E-state index is 11.4. The molecule has 2 aliphatic rings. The number of hydrogen-bond donors (Lipinski definition) is 7. The number of nitrogens with one attached hydrogen (secondary N) is 1. The molecule has 18 heteroatoms. The summed E-state index contributed by atoms with van der Waals surface area (Å²) in [4.78, 5) is 11.4. The lowest BCUT2D eigenvalue weighted by Gasteiger charge is -2.54. The molecule has 3 unspecified atom stereocenters. The summed E-state index contributed by atoms with van der Waals surface area (Å²) >= 11 is 0. The van der Waals surface area contributed by atoms with Crippen LogP contribution in [0.25, 0.3) is 0 Å². The van der Waals surface area contributed by atoms with Crippen LogP contribution in [-0.4, -0.2) is 114 Å². The van der Waals surface area contributed by atoms with Crippen LogP contribution >= 0.6 is 0 Å². The molecule has 0 aromatic carbocycles. The number of aliphatic hydroxyl groups excluding tert-OH is 3. The van der Waals surface area contributed by atoms with Gasteiger partial charge in [0, 0.05) is 5.41 Å². The van der Waals surface area contributed by atoms with E-state index in [9.17, 15) is 46.6 Å². The Kier molecular flexibility index (Phi) is 8.86. The highest BCUT2D eigenvalue weighted by atomic mass is 32.3. The molecule has 0 aliphatic carbocycles. The number of carboxylic acids is 1. The van der Waals surface area contributed by atoms with Crippen LogP contribution in [0.4, 0.5) is 0 Å². The number of aliphatic hydroxyl groups is 3. The number of carbonyl (C=O) groups is 1. The molecule has 1 fully saturated rings. The smallest absolute Gasteiger partial charge is 0.397 e. The molecule has 0 aromatic heterocycles. The zero-order valence-corrected chi connectivity index (χ0v) is 21.4. The summed E-state index contributed by atoms with van der Waals surface area (Å²) in [5.41, 5.74) is -4.98. The minimum atomic E-state index is -5.14. The lowest BCUT2D eigenvalue weighted by atomic mass is 9.70. The monoisotopic (exact) mass is 565 g/mol. The molecule has 0 spiro atoms. The predicted molar refractivity (Wildman–Crippen MR) is 117 cm³/mol. The third-order valence-electron chi connectivity index (χ3n) is 6.18. The maximum Gasteiger partial charge on any atom is 0.397 e. The van der Waals surface area contributed by atoms with E-state index in [1.165, 1.54) is 20.8 Å². The van der Waals surface area contributed by atoms with E-state index in [2.05, 4.69) is 4.18 Å². The summed E-state index contributed by atoms with van der Waals surface area (Å²) in [5, 5.41) is 40.4. The fourth-order valence-electron chi connectivity index (χ4n) is 4.25. The lowest BCUT2D eigenvalue weighted by molar-refractivity contribution is -0.255. The van der Waals surface area contributed by atoms with Crippen molar-refractivity contribution in [1.29, 1.82) is 0 Å². The standard InChI is InChI=1S/C18H31NO15S2/c1-16(2)12(19-35(25,26)27)13(22)17(3,11(6-20)33-16)7-31-8-18(4)14(34-36(28,29)30)9(21)5-10(32-18)15(23)24/h5,9,11-14,19-22H,6-8H2,1-4H3,(H,23,24)(H,25,26,27)(H,28,29,30)/t9-,11?,12?,13+,14?,17+,18+/m0/s1. The number of rotatable bonds is 10. The second-order valence-electron chi connectivity index (χ2n) is 9.59. The normalized spacial score (nSPS) is 37.1. The molecule has 210 valence electrons. The number of ether oxygens (including phenoxy) is 3. The van der Waals surface area contributed by atoms with E-state index in [0.29, 0.717) is 6.08 Å². The minimum absolute atomic E-state index is 0.515. The molecule has 0 aromatic rings. The predicted octanol–water partition coefficient (Wildman–Crippen LogP) is -2.39. The van der Waals surface area contributed by atoms with Gasteiger partial charge in [-0.3, -0.25) is 9.11 Å². The summed E-state index contributed by atoms with van der Waals surface area (Å²) in [5.74, 6) is -2.36. The fourth-order valence-corrected chi connectivity index (χ4v) is 5.57. The number of aliphatic carboxylic acids is 1. The Morgan fingerprint density at radius 2 is 1.69 bits per heavy atom. The topological polar surface area (TPSA) is 256 Å². The van der Waals surface area contributed by atoms with Gasteiger partial charge in [0.15, 0.2) is 11.7 Å². The van der Waals surface area contributed by atoms with Gasteiger partial charge < -0.3 is 34.6 Å². The van der Waals surface area contributed by atoms with Crippen molar-refractivity contribution in [2.75, 3.05) is 19.8 Å². The van der Waals surface area contributed by atoms with E-state index in [4.69, 9.17) is 18.8 Å². The molecule has 7 atom stereocenters. The Morgan fingerprint density at radius 3 is 2.17 bits per heavy atom. The first-order valence-corrected chi connectivity index (χ1v) is 13.2. The fraction of sp³-hybridized carbons (Fsp3) is 0.833. The minimum Gasteiger partial charge on any atom is -0.475 e. The van der Waals surface area contributed by atoms with E-state index in [1.807, 2.05) is 4.72 Å². The second kappa shape index (κ2) is 10.4. The van der Waals surface area contributed by atoms with Crippen LogP contribution < -0.4 is 4.72 Å². The van der Waals surface area contributed by atoms with Crippen molar-refractivity contribution in [3.8, 4) is 0 Å². The zero-order chi connectivity index (χ0) is 27.9. The van der Waals surface area contributed by atoms with Crippen LogP contribution in [0.1, 0.15) is 27.7 Å². The molecule has 0 radical (unpaired) electrons. The first-order valence-electron chi connectivity index (χ1n) is 10.4. The van der Waals surface area contributed by atoms with Crippen molar-refractivity contribution < 1.29 is 69.6 Å². The third-order valence-corrected chi connectivity index (χ3v) is 7.18. The highest BCUT2D eigenvalue weighted by Gasteiger charge is 2.57. The Balaban J connectivity index is 2.33. The van der Waals surface area contributed by atoms with E-state index in [-0.39, 0.29) is 0 Å². The van der Waals surface area contributed by atoms with Gasteiger partial charge in [-0.05, 0) is 26.8 Å². The van der Waals surface area contributed by atoms with Gasteiger partial charge in [-0.25, -0.2) is 8.98 Å². The molecule has 0 saturated carbocycles. The van der Waals surface area contributed by atoms with Crippen LogP contribution in [0.2, 0.25) is 0 Å². The molecule has 2 rings (SSSR count). The molecule has 16 nitrogen and oxygen atoms in total. The van der Waals surface area contributed by atoms with Crippen LogP contribution in [0.5, 0.6) is 0 Å². The van der Waals surface area contributed by atoms with Gasteiger partial charge in [-0.2, -0.15) is 21.6 Å². The summed E-state index contributed by atoms with van der Waals surface area (Å²) in [6, 6.07) is -1.41. The van der Waals surface area contributed by atoms with Crippen LogP contribution in [-0.2, 0) is 43.9 Å². The molecular weight excluding hydrogens is 534 g/mol. The third kappa shape index (κ3) is 6.90. The van der Waals surface area contributed by atoms with E-state index >= 15 is 0 Å². The van der Waals surface area contributed by atoms with Crippen molar-refractivity contribution in [1.82, 2.24) is 4.72 Å². The van der Waals surface area contributed by atoms with Crippen molar-refractivity contribution in [3.63, 3.8) is 0 Å². The first kappa shape index (κ1) is 30.8. The number of carboxylic acid groups (broad SMARTS) is 1. The SMILES string of the molecule is CC1(C)OC(CO)[C@@](C)(COC[C@@]2(C)OC(C(=O)O)=C[C@H](O)C2OS(=O)(=O)O)[C@H](O)C1NS(=O)(=O)O. The molecular formula is C18H31NO15S2. The van der Waals surface area contributed by atoms with Crippen molar-refractivity contribution in [2.24, 2.45) is 5.41 Å². The molecule has 0 bridgehead atoms. The largest absolute Gasteiger partial charge is 0.475 e. The summed E-state index contributed by atoms with van der Waals surface area (Å²) < 4.78 is 86.8. The summed E-state index contributed by atoms with van der Waals surface area (Å²) in [6.45, 7) is 3.49. The molecule has 2 aliphatic heterocycles. The highest BCUT2D eigenvalue weighted by Crippen LogP contribution is 2.42. The van der Waals surface area contributed by atoms with Gasteiger partial charge in [0.05, 0.1) is 43.7 Å². The van der Waals surface area contributed by atoms with Crippen LogP contribution in [0, 0.1) is 5.41 Å². The Bertz CT molecular complexity index is 1070. The van der Waals surface area contributed by atoms with E-state index < -0.39 is 99.3 Å². The Labute approximate surface area is 207 Å². The highest BCUT2D eigenvalue weighted by molar-refractivity contribution is 7.83. The molecule has 1 saturated heterocycles. The van der Waals surface area contributed by atoms with Crippen molar-refractivity contribution in [2.45, 2.75) is 69.4 Å². The quantitative estimate of drug-likeness (QED) is 0.136. The van der Waals surface area contributed by atoms with Gasteiger partial charge in [0.1, 0.15) is 6.10 Å². The molecule has 0 amide bonds.